The quantitative estimate of drug-likeness (QED) is 0.0450. The van der Waals surface area contributed by atoms with Crippen LogP contribution in [-0.2, 0) is 4.79 Å². The maximum Gasteiger partial charge on any atom is 0.239 e. The van der Waals surface area contributed by atoms with E-state index in [0.29, 0.717) is 32.6 Å². The second-order valence-electron chi connectivity index (χ2n) is 23.8. The molecule has 0 bridgehead atoms. The summed E-state index contributed by atoms with van der Waals surface area (Å²) in [6.07, 6.45) is 52.6. The largest absolute Gasteiger partial charge is 0.392 e. The number of aliphatic hydroxyl groups is 4. The Morgan fingerprint density at radius 2 is 0.514 bits per heavy atom. The zero-order valence-electron chi connectivity index (χ0n) is 51.1. The molecular weight excluding hydrogens is 915 g/mol. The van der Waals surface area contributed by atoms with Gasteiger partial charge in [0, 0.05) is 39.3 Å². The Bertz CT molecular complexity index is 1050. The van der Waals surface area contributed by atoms with Gasteiger partial charge in [-0.15, -0.1) is 0 Å². The van der Waals surface area contributed by atoms with E-state index in [1.165, 1.54) is 167 Å². The highest BCUT2D eigenvalue weighted by Crippen LogP contribution is 2.22. The predicted molar refractivity (Wildman–Crippen MR) is 323 cm³/mol. The zero-order chi connectivity index (χ0) is 54.4. The molecule has 0 saturated carbocycles. The van der Waals surface area contributed by atoms with Gasteiger partial charge in [-0.05, 0) is 57.9 Å². The second kappa shape index (κ2) is 56.9. The van der Waals surface area contributed by atoms with Crippen LogP contribution in [0.15, 0.2) is 0 Å². The Balaban J connectivity index is 6.44. The van der Waals surface area contributed by atoms with E-state index < -0.39 is 30.5 Å². The molecule has 5 atom stereocenters. The van der Waals surface area contributed by atoms with E-state index in [9.17, 15) is 20.4 Å². The minimum Gasteiger partial charge on any atom is -0.392 e. The monoisotopic (exact) mass is 1050 g/mol. The number of unbranched alkanes of at least 4 members (excludes halogenated alkanes) is 35. The van der Waals surface area contributed by atoms with Crippen molar-refractivity contribution in [2.75, 3.05) is 45.8 Å². The van der Waals surface area contributed by atoms with Gasteiger partial charge >= 0.3 is 0 Å². The third kappa shape index (κ3) is 47.2. The van der Waals surface area contributed by atoms with Crippen molar-refractivity contribution in [1.82, 2.24) is 14.7 Å². The second-order valence-corrected chi connectivity index (χ2v) is 23.8. The van der Waals surface area contributed by atoms with Gasteiger partial charge in [0.1, 0.15) is 0 Å². The van der Waals surface area contributed by atoms with Crippen LogP contribution in [0.1, 0.15) is 343 Å². The van der Waals surface area contributed by atoms with E-state index in [1.54, 1.807) is 0 Å². The number of hydrogen-bond donors (Lipinski definition) is 4. The highest BCUT2D eigenvalue weighted by Gasteiger charge is 2.32. The summed E-state index contributed by atoms with van der Waals surface area (Å²) in [4.78, 5) is 22.2. The summed E-state index contributed by atoms with van der Waals surface area (Å²) in [6.45, 7) is 17.8. The normalized spacial score (nSPS) is 14.1. The minimum atomic E-state index is -0.538. The van der Waals surface area contributed by atoms with Crippen LogP contribution in [0.5, 0.6) is 0 Å². The van der Waals surface area contributed by atoms with E-state index in [-0.39, 0.29) is 5.91 Å². The highest BCUT2D eigenvalue weighted by atomic mass is 16.3. The van der Waals surface area contributed by atoms with Gasteiger partial charge in [-0.2, -0.15) is 0 Å². The van der Waals surface area contributed by atoms with Crippen molar-refractivity contribution in [3.63, 3.8) is 0 Å². The number of carbonyl (C=O) groups excluding carboxylic acids is 1. The molecule has 0 saturated heterocycles. The van der Waals surface area contributed by atoms with Gasteiger partial charge in [-0.25, -0.2) is 0 Å². The summed E-state index contributed by atoms with van der Waals surface area (Å²) in [7, 11) is 0. The average molecular weight is 1050 g/mol. The Morgan fingerprint density at radius 3 is 0.811 bits per heavy atom. The van der Waals surface area contributed by atoms with Gasteiger partial charge < -0.3 is 25.3 Å². The average Bonchev–Trinajstić information content (AvgIpc) is 3.38. The third-order valence-corrected chi connectivity index (χ3v) is 16.2. The van der Waals surface area contributed by atoms with E-state index in [4.69, 9.17) is 0 Å². The van der Waals surface area contributed by atoms with Crippen molar-refractivity contribution in [3.8, 4) is 0 Å². The van der Waals surface area contributed by atoms with Crippen LogP contribution < -0.4 is 0 Å². The molecule has 8 nitrogen and oxygen atoms in total. The molecule has 0 fully saturated rings. The molecule has 0 aromatic heterocycles. The van der Waals surface area contributed by atoms with Crippen molar-refractivity contribution in [2.24, 2.45) is 0 Å². The summed E-state index contributed by atoms with van der Waals surface area (Å²) in [5.41, 5.74) is 0. The molecule has 0 aliphatic carbocycles. The predicted octanol–water partition coefficient (Wildman–Crippen LogP) is 17.7. The summed E-state index contributed by atoms with van der Waals surface area (Å²) < 4.78 is 0. The zero-order valence-corrected chi connectivity index (χ0v) is 51.1. The van der Waals surface area contributed by atoms with Gasteiger partial charge in [0.2, 0.25) is 5.91 Å². The number of hydrogen-bond acceptors (Lipinski definition) is 7. The Kier molecular flexibility index (Phi) is 56.3. The summed E-state index contributed by atoms with van der Waals surface area (Å²) in [5.74, 6) is 0.203. The molecule has 1 amide bonds. The lowest BCUT2D eigenvalue weighted by Gasteiger charge is -2.37. The molecule has 5 unspecified atom stereocenters. The van der Waals surface area contributed by atoms with Gasteiger partial charge in [0.05, 0.1) is 30.5 Å². The standard InChI is InChI=1S/C66H135N3O5/c1-7-13-19-25-27-29-31-33-35-37-39-46-55-68(56-47-40-38-36-34-32-30-28-26-20-14-8-2)66(74)65(69(59-63(72)51-43-23-17-11-5)60-64(73)52-44-24-18-12-6)53-45-48-54-67(57-61(70)49-41-21-15-9-3)58-62(71)50-42-22-16-10-4/h61-65,70-73H,7-60H2,1-6H3. The molecule has 444 valence electrons. The maximum atomic E-state index is 15.5. The van der Waals surface area contributed by atoms with Crippen LogP contribution >= 0.6 is 0 Å². The molecule has 4 N–H and O–H groups in total. The molecule has 0 radical (unpaired) electrons. The Labute approximate surface area is 463 Å². The first-order chi connectivity index (χ1) is 36.2. The summed E-state index contributed by atoms with van der Waals surface area (Å²) in [5, 5.41) is 45.8. The Morgan fingerprint density at radius 1 is 0.284 bits per heavy atom. The minimum absolute atomic E-state index is 0.203. The van der Waals surface area contributed by atoms with Crippen molar-refractivity contribution in [1.29, 1.82) is 0 Å². The molecule has 0 heterocycles. The molecule has 0 rings (SSSR count). The molecule has 8 heteroatoms. The van der Waals surface area contributed by atoms with E-state index in [0.717, 1.165) is 148 Å². The molecule has 0 aromatic rings. The van der Waals surface area contributed by atoms with E-state index >= 15 is 4.79 Å². The highest BCUT2D eigenvalue weighted by molar-refractivity contribution is 5.82. The fourth-order valence-electron chi connectivity index (χ4n) is 11.3. The molecule has 0 aliphatic rings. The first-order valence-electron chi connectivity index (χ1n) is 33.6. The van der Waals surface area contributed by atoms with E-state index in [1.807, 2.05) is 0 Å². The molecule has 74 heavy (non-hydrogen) atoms. The lowest BCUT2D eigenvalue weighted by molar-refractivity contribution is -0.139. The third-order valence-electron chi connectivity index (χ3n) is 16.2. The number of amides is 1. The van der Waals surface area contributed by atoms with Gasteiger partial charge in [-0.1, -0.05) is 292 Å². The fraction of sp³-hybridized carbons (Fsp3) is 0.985. The van der Waals surface area contributed by atoms with Gasteiger partial charge in [0.15, 0.2) is 0 Å². The first-order valence-corrected chi connectivity index (χ1v) is 33.6. The number of aliphatic hydroxyl groups excluding tert-OH is 4. The van der Waals surface area contributed by atoms with Crippen LogP contribution in [0, 0.1) is 0 Å². The van der Waals surface area contributed by atoms with E-state index in [2.05, 4.69) is 56.2 Å². The van der Waals surface area contributed by atoms with Gasteiger partial charge in [0.25, 0.3) is 0 Å². The van der Waals surface area contributed by atoms with Crippen LogP contribution in [0.4, 0.5) is 0 Å². The van der Waals surface area contributed by atoms with Crippen molar-refractivity contribution in [2.45, 2.75) is 374 Å². The fourth-order valence-corrected chi connectivity index (χ4v) is 11.3. The van der Waals surface area contributed by atoms with Crippen molar-refractivity contribution >= 4 is 5.91 Å². The lowest BCUT2D eigenvalue weighted by atomic mass is 10.0. The maximum absolute atomic E-state index is 15.5. The smallest absolute Gasteiger partial charge is 0.239 e. The van der Waals surface area contributed by atoms with Crippen LogP contribution in [0.2, 0.25) is 0 Å². The summed E-state index contributed by atoms with van der Waals surface area (Å²) >= 11 is 0. The van der Waals surface area contributed by atoms with Crippen molar-refractivity contribution < 1.29 is 25.2 Å². The first kappa shape index (κ1) is 73.2. The SMILES string of the molecule is CCCCCCCCCCCCCCN(CCCCCCCCCCCCCC)C(=O)C(CCCCN(CC(O)CCCCCC)CC(O)CCCCCC)N(CC(O)CCCCCC)CC(O)CCCCCC. The Hall–Kier alpha value is -0.770. The van der Waals surface area contributed by atoms with Crippen LogP contribution in [0.3, 0.4) is 0 Å². The molecule has 0 aromatic carbocycles. The topological polar surface area (TPSA) is 108 Å². The number of carbonyl (C=O) groups is 1. The van der Waals surface area contributed by atoms with Crippen LogP contribution in [0.25, 0.3) is 0 Å². The van der Waals surface area contributed by atoms with Gasteiger partial charge in [-0.3, -0.25) is 14.6 Å². The molecular formula is C66H135N3O5. The lowest BCUT2D eigenvalue weighted by Crippen LogP contribution is -2.53. The molecule has 0 spiro atoms. The number of nitrogens with zero attached hydrogens (tertiary/aromatic N) is 3. The number of rotatable bonds is 61. The van der Waals surface area contributed by atoms with Crippen molar-refractivity contribution in [3.05, 3.63) is 0 Å². The molecule has 0 aliphatic heterocycles. The van der Waals surface area contributed by atoms with Crippen LogP contribution in [-0.4, -0.2) is 117 Å². The summed E-state index contributed by atoms with van der Waals surface area (Å²) in [6, 6.07) is -0.401.